The molecular weight excluding hydrogens is 311 g/mol. The Morgan fingerprint density at radius 2 is 1.57 bits per heavy atom. The molecule has 0 aliphatic rings. The van der Waals surface area contributed by atoms with Crippen molar-refractivity contribution in [3.8, 4) is 0 Å². The molecule has 0 heterocycles. The molecule has 1 N–H and O–H groups in total. The molecule has 8 heteroatoms. The molecule has 0 saturated heterocycles. The summed E-state index contributed by atoms with van der Waals surface area (Å²) in [6, 6.07) is 5.57. The molecule has 2 rings (SSSR count). The summed E-state index contributed by atoms with van der Waals surface area (Å²) < 4.78 is 40.0. The second-order valence-electron chi connectivity index (χ2n) is 4.72. The van der Waals surface area contributed by atoms with E-state index in [2.05, 4.69) is 10.0 Å². The summed E-state index contributed by atoms with van der Waals surface area (Å²) in [7, 11) is 0. The van der Waals surface area contributed by atoms with E-state index in [1.807, 2.05) is 0 Å². The van der Waals surface area contributed by atoms with Crippen LogP contribution in [0.15, 0.2) is 47.6 Å². The first-order valence-electron chi connectivity index (χ1n) is 6.41. The number of halogens is 3. The van der Waals surface area contributed by atoms with Crippen molar-refractivity contribution in [1.82, 2.24) is 0 Å². The molecule has 23 heavy (non-hydrogen) atoms. The van der Waals surface area contributed by atoms with E-state index in [0.717, 1.165) is 24.3 Å². The number of carboxylic acid groups (broad SMARTS) is 1. The Labute approximate surface area is 128 Å². The summed E-state index contributed by atoms with van der Waals surface area (Å²) in [6.45, 7) is 0. The largest absolute Gasteiger partial charge is 0.481 e. The lowest BCUT2D eigenvalue weighted by molar-refractivity contribution is -0.138. The minimum Gasteiger partial charge on any atom is -0.481 e. The summed E-state index contributed by atoms with van der Waals surface area (Å²) in [4.78, 5) is 13.9. The van der Waals surface area contributed by atoms with Crippen LogP contribution in [0.5, 0.6) is 0 Å². The molecule has 2 aromatic rings. The van der Waals surface area contributed by atoms with Gasteiger partial charge in [-0.3, -0.25) is 4.79 Å². The highest BCUT2D eigenvalue weighted by atomic mass is 19.1. The van der Waals surface area contributed by atoms with E-state index in [1.165, 1.54) is 12.1 Å². The molecule has 0 amide bonds. The van der Waals surface area contributed by atoms with Gasteiger partial charge in [0.25, 0.3) is 0 Å². The van der Waals surface area contributed by atoms with E-state index < -0.39 is 35.4 Å². The average molecular weight is 321 g/mol. The molecule has 2 aromatic carbocycles. The highest BCUT2D eigenvalue weighted by molar-refractivity contribution is 5.76. The fourth-order valence-corrected chi connectivity index (χ4v) is 2.30. The Bertz CT molecular complexity index is 752. The van der Waals surface area contributed by atoms with Crippen LogP contribution in [0.25, 0.3) is 10.4 Å². The molecule has 5 nitrogen and oxygen atoms in total. The Hall–Kier alpha value is -2.99. The number of carboxylic acids is 1. The quantitative estimate of drug-likeness (QED) is 0.512. The average Bonchev–Trinajstić information content (AvgIpc) is 2.47. The topological polar surface area (TPSA) is 86.1 Å². The van der Waals surface area contributed by atoms with Crippen LogP contribution in [0.3, 0.4) is 0 Å². The van der Waals surface area contributed by atoms with Gasteiger partial charge in [-0.1, -0.05) is 17.2 Å². The van der Waals surface area contributed by atoms with Crippen LogP contribution in [0, 0.1) is 17.5 Å². The molecule has 2 atom stereocenters. The number of aliphatic carboxylic acids is 1. The number of azide groups is 1. The lowest BCUT2D eigenvalue weighted by atomic mass is 9.85. The van der Waals surface area contributed by atoms with Crippen molar-refractivity contribution in [3.05, 3.63) is 81.5 Å². The molecule has 2 unspecified atom stereocenters. The van der Waals surface area contributed by atoms with Crippen molar-refractivity contribution in [2.24, 2.45) is 5.11 Å². The van der Waals surface area contributed by atoms with E-state index in [1.54, 1.807) is 0 Å². The van der Waals surface area contributed by atoms with E-state index in [0.29, 0.717) is 6.07 Å². The minimum atomic E-state index is -1.65. The fraction of sp³-hybridized carbons (Fsp3) is 0.133. The maximum Gasteiger partial charge on any atom is 0.313 e. The predicted octanol–water partition coefficient (Wildman–Crippen LogP) is 4.00. The summed E-state index contributed by atoms with van der Waals surface area (Å²) in [5, 5.41) is 12.5. The van der Waals surface area contributed by atoms with Crippen molar-refractivity contribution in [1.29, 1.82) is 0 Å². The maximum atomic E-state index is 13.5. The third-order valence-corrected chi connectivity index (χ3v) is 3.22. The normalized spacial score (nSPS) is 13.0. The second-order valence-corrected chi connectivity index (χ2v) is 4.72. The van der Waals surface area contributed by atoms with Gasteiger partial charge in [0.1, 0.15) is 23.5 Å². The van der Waals surface area contributed by atoms with Gasteiger partial charge in [-0.05, 0) is 40.9 Å². The zero-order chi connectivity index (χ0) is 17.0. The van der Waals surface area contributed by atoms with Gasteiger partial charge in [-0.15, -0.1) is 0 Å². The molecule has 118 valence electrons. The van der Waals surface area contributed by atoms with Crippen molar-refractivity contribution in [3.63, 3.8) is 0 Å². The Kier molecular flexibility index (Phi) is 4.88. The number of carbonyl (C=O) groups is 1. The van der Waals surface area contributed by atoms with Crippen molar-refractivity contribution in [2.45, 2.75) is 12.0 Å². The SMILES string of the molecule is [N-]=[N+]=NC(C(=O)O)C(c1ccc(F)cc1)c1cc(F)cc(F)c1. The Morgan fingerprint density at radius 1 is 1.00 bits per heavy atom. The van der Waals surface area contributed by atoms with E-state index >= 15 is 0 Å². The van der Waals surface area contributed by atoms with Gasteiger partial charge in [0.05, 0.1) is 0 Å². The van der Waals surface area contributed by atoms with Crippen LogP contribution in [0.4, 0.5) is 13.2 Å². The zero-order valence-corrected chi connectivity index (χ0v) is 11.5. The summed E-state index contributed by atoms with van der Waals surface area (Å²) in [6.07, 6.45) is 0. The lowest BCUT2D eigenvalue weighted by Gasteiger charge is -2.22. The van der Waals surface area contributed by atoms with Gasteiger partial charge >= 0.3 is 5.97 Å². The molecule has 0 bridgehead atoms. The molecular formula is C15H10F3N3O2. The molecule has 0 aliphatic carbocycles. The first-order chi connectivity index (χ1) is 10.9. The van der Waals surface area contributed by atoms with Gasteiger partial charge in [0.2, 0.25) is 0 Å². The monoisotopic (exact) mass is 321 g/mol. The number of hydrogen-bond acceptors (Lipinski definition) is 2. The summed E-state index contributed by atoms with van der Waals surface area (Å²) in [5.41, 5.74) is 8.78. The summed E-state index contributed by atoms with van der Waals surface area (Å²) >= 11 is 0. The second kappa shape index (κ2) is 6.85. The molecule has 0 saturated carbocycles. The number of hydrogen-bond donors (Lipinski definition) is 1. The third kappa shape index (κ3) is 3.81. The zero-order valence-electron chi connectivity index (χ0n) is 11.5. The van der Waals surface area contributed by atoms with E-state index in [-0.39, 0.29) is 11.1 Å². The summed E-state index contributed by atoms with van der Waals surface area (Å²) in [5.74, 6) is -5.01. The third-order valence-electron chi connectivity index (χ3n) is 3.22. The van der Waals surface area contributed by atoms with Gasteiger partial charge in [0.15, 0.2) is 0 Å². The highest BCUT2D eigenvalue weighted by Gasteiger charge is 2.31. The first-order valence-corrected chi connectivity index (χ1v) is 6.41. The van der Waals surface area contributed by atoms with Crippen LogP contribution in [-0.2, 0) is 4.79 Å². The van der Waals surface area contributed by atoms with E-state index in [9.17, 15) is 23.1 Å². The van der Waals surface area contributed by atoms with Crippen LogP contribution in [0.1, 0.15) is 17.0 Å². The van der Waals surface area contributed by atoms with Crippen molar-refractivity contribution < 1.29 is 23.1 Å². The first kappa shape index (κ1) is 16.4. The van der Waals surface area contributed by atoms with Gasteiger partial charge in [-0.2, -0.15) is 0 Å². The number of rotatable bonds is 5. The van der Waals surface area contributed by atoms with Gasteiger partial charge in [-0.25, -0.2) is 13.2 Å². The number of nitrogens with zero attached hydrogens (tertiary/aromatic N) is 3. The van der Waals surface area contributed by atoms with Crippen LogP contribution < -0.4 is 0 Å². The molecule has 0 radical (unpaired) electrons. The Morgan fingerprint density at radius 3 is 2.04 bits per heavy atom. The molecule has 0 spiro atoms. The van der Waals surface area contributed by atoms with Crippen molar-refractivity contribution >= 4 is 5.97 Å². The molecule has 0 fully saturated rings. The Balaban J connectivity index is 2.65. The van der Waals surface area contributed by atoms with Crippen LogP contribution in [-0.4, -0.2) is 17.1 Å². The van der Waals surface area contributed by atoms with Gasteiger partial charge < -0.3 is 5.11 Å². The molecule has 0 aromatic heterocycles. The number of benzene rings is 2. The molecule has 0 aliphatic heterocycles. The van der Waals surface area contributed by atoms with E-state index in [4.69, 9.17) is 5.53 Å². The standard InChI is InChI=1S/C15H10F3N3O2/c16-10-3-1-8(2-4-10)13(14(15(22)23)20-21-19)9-5-11(17)7-12(18)6-9/h1-7,13-14H,(H,22,23). The van der Waals surface area contributed by atoms with Crippen LogP contribution >= 0.6 is 0 Å². The fourth-order valence-electron chi connectivity index (χ4n) is 2.30. The van der Waals surface area contributed by atoms with Crippen molar-refractivity contribution in [2.75, 3.05) is 0 Å². The highest BCUT2D eigenvalue weighted by Crippen LogP contribution is 2.31. The maximum absolute atomic E-state index is 13.5. The smallest absolute Gasteiger partial charge is 0.313 e. The lowest BCUT2D eigenvalue weighted by Crippen LogP contribution is -2.27. The van der Waals surface area contributed by atoms with Crippen LogP contribution in [0.2, 0.25) is 0 Å². The predicted molar refractivity (Wildman–Crippen MR) is 75.2 cm³/mol. The minimum absolute atomic E-state index is 0.0334. The van der Waals surface area contributed by atoms with Gasteiger partial charge in [0, 0.05) is 16.9 Å².